The highest BCUT2D eigenvalue weighted by molar-refractivity contribution is 5.99. The van der Waals surface area contributed by atoms with E-state index in [-0.39, 0.29) is 22.2 Å². The summed E-state index contributed by atoms with van der Waals surface area (Å²) in [4.78, 5) is 30.4. The van der Waals surface area contributed by atoms with Gasteiger partial charge < -0.3 is 4.74 Å². The third-order valence-electron chi connectivity index (χ3n) is 2.84. The van der Waals surface area contributed by atoms with Crippen LogP contribution in [0.15, 0.2) is 24.3 Å². The zero-order chi connectivity index (χ0) is 15.7. The van der Waals surface area contributed by atoms with Crippen molar-refractivity contribution in [3.8, 4) is 5.75 Å². The zero-order valence-corrected chi connectivity index (χ0v) is 10.5. The molecule has 21 heavy (non-hydrogen) atoms. The average molecular weight is 293 g/mol. The van der Waals surface area contributed by atoms with Gasteiger partial charge in [0, 0.05) is 17.5 Å². The van der Waals surface area contributed by atoms with E-state index in [2.05, 4.69) is 0 Å². The first kappa shape index (κ1) is 14.1. The Labute approximate surface area is 116 Å². The maximum absolute atomic E-state index is 11.0. The SMILES string of the molecule is COc1c([N+](=O)[O-])cc([N+](=O)[O-])c2ccc([N+](=O)[O-])cc12. The maximum atomic E-state index is 11.0. The first-order chi connectivity index (χ1) is 9.86. The van der Waals surface area contributed by atoms with Crippen molar-refractivity contribution in [3.05, 3.63) is 54.6 Å². The van der Waals surface area contributed by atoms with E-state index >= 15 is 0 Å². The van der Waals surface area contributed by atoms with Gasteiger partial charge in [0.15, 0.2) is 0 Å². The third kappa shape index (κ3) is 2.29. The molecule has 0 aliphatic carbocycles. The van der Waals surface area contributed by atoms with Gasteiger partial charge in [-0.3, -0.25) is 30.3 Å². The fourth-order valence-electron chi connectivity index (χ4n) is 1.97. The fourth-order valence-corrected chi connectivity index (χ4v) is 1.97. The monoisotopic (exact) mass is 293 g/mol. The van der Waals surface area contributed by atoms with Gasteiger partial charge in [0.05, 0.1) is 33.3 Å². The molecule has 0 N–H and O–H groups in total. The van der Waals surface area contributed by atoms with Crippen molar-refractivity contribution in [2.24, 2.45) is 0 Å². The normalized spacial score (nSPS) is 10.3. The Morgan fingerprint density at radius 1 is 0.857 bits per heavy atom. The molecule has 0 aromatic heterocycles. The molecule has 0 unspecified atom stereocenters. The van der Waals surface area contributed by atoms with Crippen LogP contribution in [0.5, 0.6) is 5.75 Å². The van der Waals surface area contributed by atoms with E-state index < -0.39 is 26.1 Å². The minimum atomic E-state index is -0.843. The van der Waals surface area contributed by atoms with Crippen molar-refractivity contribution in [3.63, 3.8) is 0 Å². The molecule has 0 radical (unpaired) electrons. The highest BCUT2D eigenvalue weighted by atomic mass is 16.6. The van der Waals surface area contributed by atoms with E-state index in [1.54, 1.807) is 0 Å². The summed E-state index contributed by atoms with van der Waals surface area (Å²) >= 11 is 0. The number of nitro benzene ring substituents is 3. The second-order valence-electron chi connectivity index (χ2n) is 3.95. The topological polar surface area (TPSA) is 139 Å². The molecule has 0 saturated carbocycles. The molecule has 0 heterocycles. The molecule has 2 rings (SSSR count). The van der Waals surface area contributed by atoms with Gasteiger partial charge in [-0.2, -0.15) is 0 Å². The Bertz CT molecular complexity index is 787. The molecule has 2 aromatic rings. The van der Waals surface area contributed by atoms with Gasteiger partial charge in [0.1, 0.15) is 0 Å². The quantitative estimate of drug-likeness (QED) is 0.623. The lowest BCUT2D eigenvalue weighted by Crippen LogP contribution is -1.99. The zero-order valence-electron chi connectivity index (χ0n) is 10.5. The van der Waals surface area contributed by atoms with Crippen molar-refractivity contribution in [2.45, 2.75) is 0 Å². The number of hydrogen-bond donors (Lipinski definition) is 0. The predicted octanol–water partition coefficient (Wildman–Crippen LogP) is 2.57. The molecule has 0 bridgehead atoms. The third-order valence-corrected chi connectivity index (χ3v) is 2.84. The van der Waals surface area contributed by atoms with Crippen LogP contribution in [0.3, 0.4) is 0 Å². The molecule has 10 heteroatoms. The molecule has 2 aromatic carbocycles. The highest BCUT2D eigenvalue weighted by Crippen LogP contribution is 2.42. The number of nitrogens with zero attached hydrogens (tertiary/aromatic N) is 3. The van der Waals surface area contributed by atoms with Crippen molar-refractivity contribution < 1.29 is 19.5 Å². The van der Waals surface area contributed by atoms with Crippen molar-refractivity contribution in [1.29, 1.82) is 0 Å². The Morgan fingerprint density at radius 3 is 1.95 bits per heavy atom. The van der Waals surface area contributed by atoms with Gasteiger partial charge >= 0.3 is 5.69 Å². The number of non-ortho nitro benzene ring substituents is 2. The van der Waals surface area contributed by atoms with Crippen LogP contribution in [0.1, 0.15) is 0 Å². The molecular formula is C11H7N3O7. The Kier molecular flexibility index (Phi) is 3.36. The fraction of sp³-hybridized carbons (Fsp3) is 0.0909. The summed E-state index contributed by atoms with van der Waals surface area (Å²) in [5, 5.41) is 32.7. The number of methoxy groups -OCH3 is 1. The van der Waals surface area contributed by atoms with E-state index in [1.165, 1.54) is 0 Å². The van der Waals surface area contributed by atoms with Gasteiger partial charge in [0.25, 0.3) is 11.4 Å². The maximum Gasteiger partial charge on any atom is 0.318 e. The number of fused-ring (bicyclic) bond motifs is 1. The summed E-state index contributed by atoms with van der Waals surface area (Å²) in [7, 11) is 1.15. The minimum Gasteiger partial charge on any atom is -0.490 e. The molecule has 0 fully saturated rings. The Morgan fingerprint density at radius 2 is 1.48 bits per heavy atom. The lowest BCUT2D eigenvalue weighted by molar-refractivity contribution is -0.393. The van der Waals surface area contributed by atoms with Gasteiger partial charge in [-0.15, -0.1) is 0 Å². The number of rotatable bonds is 4. The summed E-state index contributed by atoms with van der Waals surface area (Å²) in [6, 6.07) is 4.03. The summed E-state index contributed by atoms with van der Waals surface area (Å²) < 4.78 is 4.90. The standard InChI is InChI=1S/C11H7N3O7/c1-21-11-8-4-6(12(15)16)2-3-7(8)9(13(17)18)5-10(11)14(19)20/h2-5H,1H3. The lowest BCUT2D eigenvalue weighted by Gasteiger charge is -2.07. The van der Waals surface area contributed by atoms with Crippen LogP contribution in [0.4, 0.5) is 17.1 Å². The average Bonchev–Trinajstić information content (AvgIpc) is 2.44. The second kappa shape index (κ2) is 5.00. The lowest BCUT2D eigenvalue weighted by atomic mass is 10.1. The molecule has 0 spiro atoms. The van der Waals surface area contributed by atoms with E-state index in [0.29, 0.717) is 0 Å². The van der Waals surface area contributed by atoms with Crippen LogP contribution in [-0.4, -0.2) is 21.9 Å². The van der Waals surface area contributed by atoms with Crippen LogP contribution < -0.4 is 4.74 Å². The summed E-state index contributed by atoms with van der Waals surface area (Å²) in [5.74, 6) is -0.260. The predicted molar refractivity (Wildman–Crippen MR) is 70.5 cm³/mol. The molecule has 108 valence electrons. The molecule has 0 atom stereocenters. The summed E-state index contributed by atoms with van der Waals surface area (Å²) in [5.41, 5.74) is -1.50. The van der Waals surface area contributed by atoms with Crippen LogP contribution in [0, 0.1) is 30.3 Å². The molecule has 0 aliphatic rings. The van der Waals surface area contributed by atoms with E-state index in [9.17, 15) is 30.3 Å². The van der Waals surface area contributed by atoms with E-state index in [4.69, 9.17) is 4.74 Å². The summed E-state index contributed by atoms with van der Waals surface area (Å²) in [6.07, 6.45) is 0. The van der Waals surface area contributed by atoms with E-state index in [0.717, 1.165) is 31.4 Å². The number of nitro groups is 3. The first-order valence-electron chi connectivity index (χ1n) is 5.44. The van der Waals surface area contributed by atoms with Gasteiger partial charge in [0.2, 0.25) is 5.75 Å². The Hall–Kier alpha value is -3.30. The van der Waals surface area contributed by atoms with Gasteiger partial charge in [-0.1, -0.05) is 0 Å². The number of hydrogen-bond acceptors (Lipinski definition) is 7. The van der Waals surface area contributed by atoms with Crippen LogP contribution in [0.2, 0.25) is 0 Å². The highest BCUT2D eigenvalue weighted by Gasteiger charge is 2.27. The van der Waals surface area contributed by atoms with E-state index in [1.807, 2.05) is 0 Å². The van der Waals surface area contributed by atoms with Crippen LogP contribution in [-0.2, 0) is 0 Å². The molecular weight excluding hydrogens is 286 g/mol. The Balaban J connectivity index is 2.98. The van der Waals surface area contributed by atoms with Crippen molar-refractivity contribution in [1.82, 2.24) is 0 Å². The second-order valence-corrected chi connectivity index (χ2v) is 3.95. The van der Waals surface area contributed by atoms with Crippen LogP contribution in [0.25, 0.3) is 10.8 Å². The van der Waals surface area contributed by atoms with Crippen molar-refractivity contribution in [2.75, 3.05) is 7.11 Å². The van der Waals surface area contributed by atoms with Crippen molar-refractivity contribution >= 4 is 27.8 Å². The molecule has 10 nitrogen and oxygen atoms in total. The number of benzene rings is 2. The smallest absolute Gasteiger partial charge is 0.318 e. The minimum absolute atomic E-state index is 0.0213. The molecule has 0 amide bonds. The number of ether oxygens (including phenoxy) is 1. The largest absolute Gasteiger partial charge is 0.490 e. The molecule has 0 saturated heterocycles. The van der Waals surface area contributed by atoms with Crippen LogP contribution >= 0.6 is 0 Å². The first-order valence-corrected chi connectivity index (χ1v) is 5.44. The van der Waals surface area contributed by atoms with Gasteiger partial charge in [-0.25, -0.2) is 0 Å². The summed E-state index contributed by atoms with van der Waals surface area (Å²) in [6.45, 7) is 0. The molecule has 0 aliphatic heterocycles. The van der Waals surface area contributed by atoms with Gasteiger partial charge in [-0.05, 0) is 6.07 Å².